The van der Waals surface area contributed by atoms with Crippen molar-refractivity contribution in [3.05, 3.63) is 29.6 Å². The van der Waals surface area contributed by atoms with Gasteiger partial charge in [0.05, 0.1) is 17.2 Å². The monoisotopic (exact) mass is 307 g/mol. The van der Waals surface area contributed by atoms with E-state index in [0.717, 1.165) is 0 Å². The molecule has 1 aliphatic heterocycles. The van der Waals surface area contributed by atoms with Crippen LogP contribution in [0, 0.1) is 23.4 Å². The van der Waals surface area contributed by atoms with Gasteiger partial charge >= 0.3 is 0 Å². The zero-order valence-electron chi connectivity index (χ0n) is 10.3. The van der Waals surface area contributed by atoms with E-state index in [4.69, 9.17) is 0 Å². The van der Waals surface area contributed by atoms with Gasteiger partial charge in [0.2, 0.25) is 5.91 Å². The fourth-order valence-electron chi connectivity index (χ4n) is 2.11. The molecule has 0 bridgehead atoms. The van der Waals surface area contributed by atoms with Gasteiger partial charge in [0.1, 0.15) is 5.82 Å². The van der Waals surface area contributed by atoms with E-state index in [9.17, 15) is 26.4 Å². The second-order valence-corrected chi connectivity index (χ2v) is 7.00. The van der Waals surface area contributed by atoms with Crippen LogP contribution >= 0.6 is 0 Å². The Morgan fingerprint density at radius 3 is 2.45 bits per heavy atom. The van der Waals surface area contributed by atoms with E-state index < -0.39 is 38.9 Å². The van der Waals surface area contributed by atoms with Crippen molar-refractivity contribution >= 4 is 21.4 Å². The summed E-state index contributed by atoms with van der Waals surface area (Å²) < 4.78 is 61.4. The number of amides is 1. The van der Waals surface area contributed by atoms with Crippen LogP contribution in [-0.4, -0.2) is 25.8 Å². The third-order valence-corrected chi connectivity index (χ3v) is 4.92. The van der Waals surface area contributed by atoms with Gasteiger partial charge in [-0.3, -0.25) is 4.79 Å². The van der Waals surface area contributed by atoms with Gasteiger partial charge in [-0.15, -0.1) is 0 Å². The van der Waals surface area contributed by atoms with Crippen molar-refractivity contribution in [2.75, 3.05) is 16.8 Å². The molecule has 0 radical (unpaired) electrons. The minimum absolute atomic E-state index is 0.0322. The number of carbonyl (C=O) groups is 1. The molecule has 0 aliphatic carbocycles. The molecule has 1 aliphatic rings. The van der Waals surface area contributed by atoms with Crippen LogP contribution in [0.2, 0.25) is 0 Å². The molecule has 0 saturated carbocycles. The molecule has 2 rings (SSSR count). The number of halogens is 3. The summed E-state index contributed by atoms with van der Waals surface area (Å²) in [7, 11) is -3.10. The van der Waals surface area contributed by atoms with Gasteiger partial charge in [-0.05, 0) is 12.3 Å². The predicted molar refractivity (Wildman–Crippen MR) is 66.3 cm³/mol. The van der Waals surface area contributed by atoms with Gasteiger partial charge in [-0.1, -0.05) is 0 Å². The van der Waals surface area contributed by atoms with Crippen molar-refractivity contribution in [1.82, 2.24) is 0 Å². The Kier molecular flexibility index (Phi) is 4.03. The van der Waals surface area contributed by atoms with Crippen molar-refractivity contribution in [2.45, 2.75) is 12.8 Å². The van der Waals surface area contributed by atoms with Gasteiger partial charge in [0.25, 0.3) is 0 Å². The lowest BCUT2D eigenvalue weighted by Crippen LogP contribution is -2.18. The highest BCUT2D eigenvalue weighted by atomic mass is 32.2. The normalized spacial score (nSPS) is 20.9. The third kappa shape index (κ3) is 3.50. The molecule has 20 heavy (non-hydrogen) atoms. The van der Waals surface area contributed by atoms with Crippen molar-refractivity contribution in [2.24, 2.45) is 5.92 Å². The lowest BCUT2D eigenvalue weighted by atomic mass is 10.0. The molecule has 0 aromatic heterocycles. The predicted octanol–water partition coefficient (Wildman–Crippen LogP) is 1.87. The molecule has 110 valence electrons. The Balaban J connectivity index is 2.00. The maximum atomic E-state index is 13.3. The lowest BCUT2D eigenvalue weighted by Gasteiger charge is -2.09. The molecule has 1 heterocycles. The van der Waals surface area contributed by atoms with Crippen LogP contribution in [0.1, 0.15) is 12.8 Å². The molecule has 0 spiro atoms. The number of anilines is 1. The summed E-state index contributed by atoms with van der Waals surface area (Å²) in [6.07, 6.45) is 0.272. The van der Waals surface area contributed by atoms with E-state index in [-0.39, 0.29) is 23.8 Å². The second kappa shape index (κ2) is 5.43. The van der Waals surface area contributed by atoms with E-state index in [1.807, 2.05) is 0 Å². The number of benzene rings is 1. The van der Waals surface area contributed by atoms with Crippen molar-refractivity contribution in [3.63, 3.8) is 0 Å². The Hall–Kier alpha value is -1.57. The first-order valence-corrected chi connectivity index (χ1v) is 7.74. The SMILES string of the molecule is O=C(CC1CCS(=O)(=O)C1)Nc1cc(F)c(F)cc1F. The fourth-order valence-corrected chi connectivity index (χ4v) is 3.98. The molecule has 1 unspecified atom stereocenters. The van der Waals surface area contributed by atoms with Gasteiger partial charge in [0, 0.05) is 18.6 Å². The molecule has 1 atom stereocenters. The molecule has 8 heteroatoms. The number of nitrogens with one attached hydrogen (secondary N) is 1. The highest BCUT2D eigenvalue weighted by Gasteiger charge is 2.29. The maximum absolute atomic E-state index is 13.3. The summed E-state index contributed by atoms with van der Waals surface area (Å²) in [6, 6.07) is 0.888. The maximum Gasteiger partial charge on any atom is 0.224 e. The van der Waals surface area contributed by atoms with E-state index in [0.29, 0.717) is 18.6 Å². The molecule has 1 aromatic carbocycles. The van der Waals surface area contributed by atoms with Crippen molar-refractivity contribution in [1.29, 1.82) is 0 Å². The summed E-state index contributed by atoms with van der Waals surface area (Å²) in [4.78, 5) is 11.6. The van der Waals surface area contributed by atoms with E-state index in [2.05, 4.69) is 5.32 Å². The first-order chi connectivity index (χ1) is 9.27. The van der Waals surface area contributed by atoms with Gasteiger partial charge in [0.15, 0.2) is 21.5 Å². The highest BCUT2D eigenvalue weighted by molar-refractivity contribution is 7.91. The van der Waals surface area contributed by atoms with Gasteiger partial charge in [-0.2, -0.15) is 0 Å². The fraction of sp³-hybridized carbons (Fsp3) is 0.417. The van der Waals surface area contributed by atoms with E-state index >= 15 is 0 Å². The quantitative estimate of drug-likeness (QED) is 0.867. The Bertz CT molecular complexity index is 646. The average molecular weight is 307 g/mol. The number of hydrogen-bond donors (Lipinski definition) is 1. The number of sulfone groups is 1. The van der Waals surface area contributed by atoms with E-state index in [1.165, 1.54) is 0 Å². The molecule has 1 saturated heterocycles. The minimum atomic E-state index is -3.10. The smallest absolute Gasteiger partial charge is 0.224 e. The van der Waals surface area contributed by atoms with Crippen LogP contribution in [0.4, 0.5) is 18.9 Å². The van der Waals surface area contributed by atoms with Crippen LogP contribution in [0.3, 0.4) is 0 Å². The summed E-state index contributed by atoms with van der Waals surface area (Å²) in [5, 5.41) is 2.12. The van der Waals surface area contributed by atoms with Crippen LogP contribution in [0.25, 0.3) is 0 Å². The molecule has 1 aromatic rings. The third-order valence-electron chi connectivity index (χ3n) is 3.08. The van der Waals surface area contributed by atoms with Crippen molar-refractivity contribution < 1.29 is 26.4 Å². The standard InChI is InChI=1S/C12H12F3NO3S/c13-8-4-10(15)11(5-9(8)14)16-12(17)3-7-1-2-20(18,19)6-7/h4-5,7H,1-3,6H2,(H,16,17). The molecular weight excluding hydrogens is 295 g/mol. The highest BCUT2D eigenvalue weighted by Crippen LogP contribution is 2.23. The molecule has 1 fully saturated rings. The van der Waals surface area contributed by atoms with E-state index in [1.54, 1.807) is 0 Å². The zero-order chi connectivity index (χ0) is 14.9. The second-order valence-electron chi connectivity index (χ2n) is 4.77. The topological polar surface area (TPSA) is 63.2 Å². The summed E-state index contributed by atoms with van der Waals surface area (Å²) in [5.74, 6) is -4.71. The van der Waals surface area contributed by atoms with Crippen LogP contribution < -0.4 is 5.32 Å². The van der Waals surface area contributed by atoms with Crippen molar-refractivity contribution in [3.8, 4) is 0 Å². The molecule has 1 amide bonds. The number of rotatable bonds is 3. The summed E-state index contributed by atoms with van der Waals surface area (Å²) in [5.41, 5.74) is -0.463. The molecule has 4 nitrogen and oxygen atoms in total. The number of hydrogen-bond acceptors (Lipinski definition) is 3. The Morgan fingerprint density at radius 2 is 1.85 bits per heavy atom. The Labute approximate surface area is 113 Å². The molecule has 1 N–H and O–H groups in total. The van der Waals surface area contributed by atoms with Crippen LogP contribution in [-0.2, 0) is 14.6 Å². The average Bonchev–Trinajstić information content (AvgIpc) is 2.65. The minimum Gasteiger partial charge on any atom is -0.323 e. The van der Waals surface area contributed by atoms with Gasteiger partial charge in [-0.25, -0.2) is 21.6 Å². The summed E-state index contributed by atoms with van der Waals surface area (Å²) in [6.45, 7) is 0. The van der Waals surface area contributed by atoms with Gasteiger partial charge < -0.3 is 5.32 Å². The lowest BCUT2D eigenvalue weighted by molar-refractivity contribution is -0.116. The Morgan fingerprint density at radius 1 is 1.20 bits per heavy atom. The first-order valence-electron chi connectivity index (χ1n) is 5.91. The summed E-state index contributed by atoms with van der Waals surface area (Å²) >= 11 is 0. The zero-order valence-corrected chi connectivity index (χ0v) is 11.1. The number of carbonyl (C=O) groups excluding carboxylic acids is 1. The molecular formula is C12H12F3NO3S. The largest absolute Gasteiger partial charge is 0.323 e. The van der Waals surface area contributed by atoms with Crippen LogP contribution in [0.5, 0.6) is 0 Å². The van der Waals surface area contributed by atoms with Crippen LogP contribution in [0.15, 0.2) is 12.1 Å². The first kappa shape index (κ1) is 14.8.